The summed E-state index contributed by atoms with van der Waals surface area (Å²) in [6.45, 7) is 4.65. The maximum atomic E-state index is 6.44. The molecule has 0 radical (unpaired) electrons. The van der Waals surface area contributed by atoms with E-state index in [1.165, 1.54) is 5.56 Å². The zero-order chi connectivity index (χ0) is 14.7. The molecule has 20 heavy (non-hydrogen) atoms. The Morgan fingerprint density at radius 1 is 1.10 bits per heavy atom. The summed E-state index contributed by atoms with van der Waals surface area (Å²) in [7, 11) is 0. The molecular formula is C16H17Br2NO. The van der Waals surface area contributed by atoms with Crippen LogP contribution in [0.15, 0.2) is 45.3 Å². The molecule has 2 aromatic rings. The smallest absolute Gasteiger partial charge is 0.124 e. The lowest BCUT2D eigenvalue weighted by molar-refractivity contribution is 0.335. The Bertz CT molecular complexity index is 613. The van der Waals surface area contributed by atoms with Gasteiger partial charge in [0, 0.05) is 14.5 Å². The molecule has 0 aliphatic rings. The van der Waals surface area contributed by atoms with Crippen LogP contribution in [0.5, 0.6) is 5.75 Å². The average molecular weight is 399 g/mol. The lowest BCUT2D eigenvalue weighted by Gasteiger charge is -2.19. The molecular weight excluding hydrogens is 382 g/mol. The van der Waals surface area contributed by atoms with Gasteiger partial charge < -0.3 is 10.5 Å². The van der Waals surface area contributed by atoms with Crippen molar-refractivity contribution < 1.29 is 4.74 Å². The van der Waals surface area contributed by atoms with Crippen molar-refractivity contribution in [1.29, 1.82) is 0 Å². The van der Waals surface area contributed by atoms with Crippen LogP contribution in [0.2, 0.25) is 0 Å². The molecule has 0 aliphatic carbocycles. The van der Waals surface area contributed by atoms with Gasteiger partial charge in [-0.15, -0.1) is 0 Å². The van der Waals surface area contributed by atoms with Crippen LogP contribution in [0.25, 0.3) is 0 Å². The Morgan fingerprint density at radius 3 is 2.50 bits per heavy atom. The van der Waals surface area contributed by atoms with Gasteiger partial charge in [-0.1, -0.05) is 44.0 Å². The number of aryl methyl sites for hydroxylation is 1. The lowest BCUT2D eigenvalue weighted by Crippen LogP contribution is -2.14. The second kappa shape index (κ2) is 6.74. The molecule has 2 nitrogen and oxygen atoms in total. The van der Waals surface area contributed by atoms with Crippen molar-refractivity contribution in [3.05, 3.63) is 62.0 Å². The first-order valence-corrected chi connectivity index (χ1v) is 8.05. The third-order valence-electron chi connectivity index (χ3n) is 3.10. The first kappa shape index (κ1) is 15.5. The molecule has 2 rings (SSSR count). The minimum atomic E-state index is -0.232. The molecule has 0 saturated heterocycles. The molecule has 0 aromatic heterocycles. The highest BCUT2D eigenvalue weighted by Gasteiger charge is 2.17. The van der Waals surface area contributed by atoms with E-state index >= 15 is 0 Å². The molecule has 0 spiro atoms. The topological polar surface area (TPSA) is 35.2 Å². The molecule has 0 fully saturated rings. The van der Waals surface area contributed by atoms with Crippen molar-refractivity contribution in [2.45, 2.75) is 19.9 Å². The highest BCUT2D eigenvalue weighted by atomic mass is 79.9. The van der Waals surface area contributed by atoms with E-state index in [4.69, 9.17) is 10.5 Å². The van der Waals surface area contributed by atoms with Gasteiger partial charge in [0.05, 0.1) is 12.6 Å². The van der Waals surface area contributed by atoms with Gasteiger partial charge in [-0.25, -0.2) is 0 Å². The normalized spacial score (nSPS) is 12.2. The molecule has 1 atom stereocenters. The summed E-state index contributed by atoms with van der Waals surface area (Å²) in [6.07, 6.45) is 0. The third kappa shape index (κ3) is 3.43. The number of benzene rings is 2. The second-order valence-corrected chi connectivity index (χ2v) is 6.39. The summed E-state index contributed by atoms with van der Waals surface area (Å²) in [5.74, 6) is 0.829. The summed E-state index contributed by atoms with van der Waals surface area (Å²) < 4.78 is 7.70. The Balaban J connectivity index is 2.46. The van der Waals surface area contributed by atoms with E-state index < -0.39 is 0 Å². The quantitative estimate of drug-likeness (QED) is 0.789. The largest absolute Gasteiger partial charge is 0.494 e. The molecule has 0 amide bonds. The van der Waals surface area contributed by atoms with Crippen LogP contribution in [-0.2, 0) is 0 Å². The van der Waals surface area contributed by atoms with E-state index in [1.807, 2.05) is 25.1 Å². The van der Waals surface area contributed by atoms with E-state index in [9.17, 15) is 0 Å². The van der Waals surface area contributed by atoms with Gasteiger partial charge in [0.1, 0.15) is 5.75 Å². The van der Waals surface area contributed by atoms with Crippen molar-refractivity contribution in [2.75, 3.05) is 6.61 Å². The minimum Gasteiger partial charge on any atom is -0.494 e. The van der Waals surface area contributed by atoms with Gasteiger partial charge in [0.2, 0.25) is 0 Å². The molecule has 2 aromatic carbocycles. The van der Waals surface area contributed by atoms with Gasteiger partial charge in [-0.2, -0.15) is 0 Å². The molecule has 0 bridgehead atoms. The number of ether oxygens (including phenoxy) is 1. The van der Waals surface area contributed by atoms with Gasteiger partial charge in [0.15, 0.2) is 0 Å². The number of halogens is 2. The second-order valence-electron chi connectivity index (χ2n) is 4.62. The molecule has 0 aliphatic heterocycles. The average Bonchev–Trinajstić information content (AvgIpc) is 2.40. The Kier molecular flexibility index (Phi) is 5.24. The van der Waals surface area contributed by atoms with Gasteiger partial charge in [-0.05, 0) is 49.2 Å². The lowest BCUT2D eigenvalue weighted by atomic mass is 9.98. The predicted octanol–water partition coefficient (Wildman–Crippen LogP) is 4.97. The summed E-state index contributed by atoms with van der Waals surface area (Å²) in [5, 5.41) is 0. The Labute approximate surface area is 136 Å². The Hall–Kier alpha value is -0.840. The summed E-state index contributed by atoms with van der Waals surface area (Å²) in [5.41, 5.74) is 9.67. The van der Waals surface area contributed by atoms with E-state index in [1.54, 1.807) is 0 Å². The van der Waals surface area contributed by atoms with Crippen LogP contribution in [0, 0.1) is 6.92 Å². The van der Waals surface area contributed by atoms with Crippen LogP contribution in [0.1, 0.15) is 29.7 Å². The van der Waals surface area contributed by atoms with E-state index in [-0.39, 0.29) is 6.04 Å². The van der Waals surface area contributed by atoms with Crippen molar-refractivity contribution in [2.24, 2.45) is 5.73 Å². The first-order valence-electron chi connectivity index (χ1n) is 6.46. The monoisotopic (exact) mass is 397 g/mol. The molecule has 0 heterocycles. The number of hydrogen-bond acceptors (Lipinski definition) is 2. The zero-order valence-corrected chi connectivity index (χ0v) is 14.7. The summed E-state index contributed by atoms with van der Waals surface area (Å²) in [4.78, 5) is 0. The summed E-state index contributed by atoms with van der Waals surface area (Å²) >= 11 is 7.09. The van der Waals surface area contributed by atoms with Crippen molar-refractivity contribution in [3.63, 3.8) is 0 Å². The van der Waals surface area contributed by atoms with E-state index in [0.717, 1.165) is 25.8 Å². The van der Waals surface area contributed by atoms with Crippen LogP contribution in [0.3, 0.4) is 0 Å². The molecule has 4 heteroatoms. The third-order valence-corrected chi connectivity index (χ3v) is 4.28. The standard InChI is InChI=1S/C16H17Br2NO/c1-3-20-15-7-5-11(17)9-13(15)16(19)12-6-4-10(2)8-14(12)18/h4-9,16H,3,19H2,1-2H3. The molecule has 1 unspecified atom stereocenters. The van der Waals surface area contributed by atoms with Crippen LogP contribution in [0.4, 0.5) is 0 Å². The maximum absolute atomic E-state index is 6.44. The fourth-order valence-corrected chi connectivity index (χ4v) is 3.22. The minimum absolute atomic E-state index is 0.232. The van der Waals surface area contributed by atoms with Crippen molar-refractivity contribution >= 4 is 31.9 Å². The van der Waals surface area contributed by atoms with Crippen LogP contribution >= 0.6 is 31.9 Å². The highest BCUT2D eigenvalue weighted by molar-refractivity contribution is 9.10. The van der Waals surface area contributed by atoms with Gasteiger partial charge in [0.25, 0.3) is 0 Å². The van der Waals surface area contributed by atoms with Gasteiger partial charge >= 0.3 is 0 Å². The maximum Gasteiger partial charge on any atom is 0.124 e. The predicted molar refractivity (Wildman–Crippen MR) is 90.2 cm³/mol. The first-order chi connectivity index (χ1) is 9.52. The van der Waals surface area contributed by atoms with Crippen LogP contribution in [-0.4, -0.2) is 6.61 Å². The highest BCUT2D eigenvalue weighted by Crippen LogP contribution is 2.34. The fourth-order valence-electron chi connectivity index (χ4n) is 2.10. The van der Waals surface area contributed by atoms with Crippen molar-refractivity contribution in [3.8, 4) is 5.75 Å². The molecule has 0 saturated carbocycles. The number of hydrogen-bond donors (Lipinski definition) is 1. The van der Waals surface area contributed by atoms with E-state index in [2.05, 4.69) is 57.0 Å². The van der Waals surface area contributed by atoms with Crippen LogP contribution < -0.4 is 10.5 Å². The summed E-state index contributed by atoms with van der Waals surface area (Å²) in [6, 6.07) is 11.9. The van der Waals surface area contributed by atoms with E-state index in [0.29, 0.717) is 6.61 Å². The molecule has 2 N–H and O–H groups in total. The SMILES string of the molecule is CCOc1ccc(Br)cc1C(N)c1ccc(C)cc1Br. The fraction of sp³-hybridized carbons (Fsp3) is 0.250. The van der Waals surface area contributed by atoms with Crippen molar-refractivity contribution in [1.82, 2.24) is 0 Å². The Morgan fingerprint density at radius 2 is 1.85 bits per heavy atom. The van der Waals surface area contributed by atoms with Gasteiger partial charge in [-0.3, -0.25) is 0 Å². The number of rotatable bonds is 4. The zero-order valence-electron chi connectivity index (χ0n) is 11.5. The number of nitrogens with two attached hydrogens (primary N) is 1. The molecule has 106 valence electrons.